The van der Waals surface area contributed by atoms with Crippen LogP contribution in [0.15, 0.2) is 36.8 Å². The van der Waals surface area contributed by atoms with Crippen LogP contribution in [-0.4, -0.2) is 28.6 Å². The molecule has 0 fully saturated rings. The van der Waals surface area contributed by atoms with Crippen LogP contribution in [0.4, 0.5) is 0 Å². The number of nitrogens with one attached hydrogen (secondary N) is 1. The van der Waals surface area contributed by atoms with E-state index < -0.39 is 0 Å². The fraction of sp³-hybridized carbons (Fsp3) is 0.333. The molecule has 0 radical (unpaired) electrons. The zero-order valence-electron chi connectivity index (χ0n) is 11.7. The first-order valence-corrected chi connectivity index (χ1v) is 7.02. The van der Waals surface area contributed by atoms with Gasteiger partial charge in [-0.2, -0.15) is 0 Å². The van der Waals surface area contributed by atoms with E-state index in [4.69, 9.17) is 10.5 Å². The first-order chi connectivity index (χ1) is 10.3. The summed E-state index contributed by atoms with van der Waals surface area (Å²) in [6.07, 6.45) is 4.10. The predicted molar refractivity (Wildman–Crippen MR) is 78.0 cm³/mol. The summed E-state index contributed by atoms with van der Waals surface area (Å²) in [6.45, 7) is 1.77. The molecule has 0 saturated carbocycles. The SMILES string of the molecule is NCCn1cnc(C(=O)NC2CCOc3ccccc32)c1. The van der Waals surface area contributed by atoms with Gasteiger partial charge in [0.15, 0.2) is 0 Å². The van der Waals surface area contributed by atoms with Crippen molar-refractivity contribution in [2.24, 2.45) is 5.73 Å². The Kier molecular flexibility index (Phi) is 3.87. The van der Waals surface area contributed by atoms with E-state index in [1.807, 2.05) is 28.8 Å². The average molecular weight is 286 g/mol. The molecule has 1 atom stereocenters. The Morgan fingerprint density at radius 1 is 1.48 bits per heavy atom. The first kappa shape index (κ1) is 13.6. The highest BCUT2D eigenvalue weighted by Crippen LogP contribution is 2.31. The van der Waals surface area contributed by atoms with Crippen molar-refractivity contribution >= 4 is 5.91 Å². The van der Waals surface area contributed by atoms with Crippen LogP contribution in [-0.2, 0) is 6.54 Å². The van der Waals surface area contributed by atoms with Gasteiger partial charge in [-0.25, -0.2) is 4.98 Å². The van der Waals surface area contributed by atoms with Gasteiger partial charge in [0.05, 0.1) is 19.0 Å². The number of rotatable bonds is 4. The number of ether oxygens (including phenoxy) is 1. The van der Waals surface area contributed by atoms with Gasteiger partial charge < -0.3 is 20.4 Å². The molecule has 0 spiro atoms. The molecule has 6 nitrogen and oxygen atoms in total. The van der Waals surface area contributed by atoms with Gasteiger partial charge in [-0.15, -0.1) is 0 Å². The molecule has 2 aromatic rings. The number of fused-ring (bicyclic) bond motifs is 1. The zero-order valence-corrected chi connectivity index (χ0v) is 11.7. The van der Waals surface area contributed by atoms with Gasteiger partial charge >= 0.3 is 0 Å². The molecule has 0 saturated heterocycles. The monoisotopic (exact) mass is 286 g/mol. The fourth-order valence-electron chi connectivity index (χ4n) is 2.47. The molecule has 0 aliphatic carbocycles. The van der Waals surface area contributed by atoms with Gasteiger partial charge in [-0.3, -0.25) is 4.79 Å². The second kappa shape index (κ2) is 5.97. The number of benzene rings is 1. The molecule has 1 amide bonds. The Morgan fingerprint density at radius 2 is 2.33 bits per heavy atom. The van der Waals surface area contributed by atoms with Crippen LogP contribution in [0.2, 0.25) is 0 Å². The number of nitrogens with two attached hydrogens (primary N) is 1. The topological polar surface area (TPSA) is 82.2 Å². The standard InChI is InChI=1S/C15H18N4O2/c16-6-7-19-9-13(17-10-19)15(20)18-12-5-8-21-14-4-2-1-3-11(12)14/h1-4,9-10,12H,5-8,16H2,(H,18,20). The normalized spacial score (nSPS) is 16.9. The Hall–Kier alpha value is -2.34. The lowest BCUT2D eigenvalue weighted by molar-refractivity contribution is 0.0920. The number of hydrogen-bond donors (Lipinski definition) is 2. The van der Waals surface area contributed by atoms with Crippen molar-refractivity contribution in [1.82, 2.24) is 14.9 Å². The van der Waals surface area contributed by atoms with Crippen molar-refractivity contribution < 1.29 is 9.53 Å². The van der Waals surface area contributed by atoms with E-state index >= 15 is 0 Å². The van der Waals surface area contributed by atoms with E-state index in [1.165, 1.54) is 0 Å². The van der Waals surface area contributed by atoms with E-state index in [9.17, 15) is 4.79 Å². The minimum atomic E-state index is -0.174. The summed E-state index contributed by atoms with van der Waals surface area (Å²) in [5.74, 6) is 0.662. The third-order valence-electron chi connectivity index (χ3n) is 3.52. The molecule has 3 rings (SSSR count). The largest absolute Gasteiger partial charge is 0.493 e. The summed E-state index contributed by atoms with van der Waals surface area (Å²) >= 11 is 0. The molecule has 6 heteroatoms. The maximum atomic E-state index is 12.3. The molecule has 3 N–H and O–H groups in total. The number of imidazole rings is 1. The smallest absolute Gasteiger partial charge is 0.271 e. The van der Waals surface area contributed by atoms with Crippen molar-refractivity contribution in [3.05, 3.63) is 48.0 Å². The van der Waals surface area contributed by atoms with E-state index in [0.717, 1.165) is 17.7 Å². The summed E-state index contributed by atoms with van der Waals surface area (Å²) in [5.41, 5.74) is 6.91. The highest BCUT2D eigenvalue weighted by molar-refractivity contribution is 5.92. The summed E-state index contributed by atoms with van der Waals surface area (Å²) in [6, 6.07) is 7.73. The summed E-state index contributed by atoms with van der Waals surface area (Å²) in [7, 11) is 0. The van der Waals surface area contributed by atoms with E-state index in [-0.39, 0.29) is 11.9 Å². The Bertz CT molecular complexity index is 638. The number of aromatic nitrogens is 2. The van der Waals surface area contributed by atoms with Gasteiger partial charge in [0, 0.05) is 31.3 Å². The summed E-state index contributed by atoms with van der Waals surface area (Å²) < 4.78 is 7.40. The number of hydrogen-bond acceptors (Lipinski definition) is 4. The molecule has 110 valence electrons. The van der Waals surface area contributed by atoms with E-state index in [2.05, 4.69) is 10.3 Å². The number of nitrogens with zero attached hydrogens (tertiary/aromatic N) is 2. The molecular formula is C15H18N4O2. The van der Waals surface area contributed by atoms with Crippen molar-refractivity contribution in [1.29, 1.82) is 0 Å². The molecule has 1 unspecified atom stereocenters. The summed E-state index contributed by atoms with van der Waals surface area (Å²) in [4.78, 5) is 16.4. The van der Waals surface area contributed by atoms with Gasteiger partial charge in [-0.05, 0) is 6.07 Å². The molecule has 1 aliphatic rings. The quantitative estimate of drug-likeness (QED) is 0.881. The van der Waals surface area contributed by atoms with Crippen LogP contribution in [0, 0.1) is 0 Å². The first-order valence-electron chi connectivity index (χ1n) is 7.02. The fourth-order valence-corrected chi connectivity index (χ4v) is 2.47. The van der Waals surface area contributed by atoms with Crippen molar-refractivity contribution in [3.63, 3.8) is 0 Å². The van der Waals surface area contributed by atoms with Crippen LogP contribution in [0.1, 0.15) is 28.5 Å². The number of para-hydroxylation sites is 1. The van der Waals surface area contributed by atoms with E-state index in [0.29, 0.717) is 25.4 Å². The second-order valence-electron chi connectivity index (χ2n) is 4.99. The van der Waals surface area contributed by atoms with Crippen molar-refractivity contribution in [3.8, 4) is 5.75 Å². The Morgan fingerprint density at radius 3 is 3.19 bits per heavy atom. The van der Waals surface area contributed by atoms with Crippen LogP contribution < -0.4 is 15.8 Å². The minimum Gasteiger partial charge on any atom is -0.493 e. The van der Waals surface area contributed by atoms with E-state index in [1.54, 1.807) is 12.5 Å². The lowest BCUT2D eigenvalue weighted by Gasteiger charge is -2.26. The van der Waals surface area contributed by atoms with Crippen molar-refractivity contribution in [2.45, 2.75) is 19.0 Å². The van der Waals surface area contributed by atoms with Crippen LogP contribution >= 0.6 is 0 Å². The second-order valence-corrected chi connectivity index (χ2v) is 4.99. The maximum Gasteiger partial charge on any atom is 0.271 e. The third kappa shape index (κ3) is 2.90. The molecular weight excluding hydrogens is 268 g/mol. The zero-order chi connectivity index (χ0) is 14.7. The molecule has 1 aromatic heterocycles. The number of carbonyl (C=O) groups is 1. The van der Waals surface area contributed by atoms with Crippen LogP contribution in [0.5, 0.6) is 5.75 Å². The van der Waals surface area contributed by atoms with Gasteiger partial charge in [-0.1, -0.05) is 18.2 Å². The predicted octanol–water partition coefficient (Wildman–Crippen LogP) is 1.10. The Labute approximate surface area is 122 Å². The summed E-state index contributed by atoms with van der Waals surface area (Å²) in [5, 5.41) is 3.02. The van der Waals surface area contributed by atoms with Gasteiger partial charge in [0.1, 0.15) is 11.4 Å². The third-order valence-corrected chi connectivity index (χ3v) is 3.52. The lowest BCUT2D eigenvalue weighted by atomic mass is 10.0. The van der Waals surface area contributed by atoms with Crippen LogP contribution in [0.25, 0.3) is 0 Å². The van der Waals surface area contributed by atoms with Crippen LogP contribution in [0.3, 0.4) is 0 Å². The molecule has 1 aliphatic heterocycles. The van der Waals surface area contributed by atoms with Gasteiger partial charge in [0.25, 0.3) is 5.91 Å². The highest BCUT2D eigenvalue weighted by atomic mass is 16.5. The number of carbonyl (C=O) groups excluding carboxylic acids is 1. The minimum absolute atomic E-state index is 0.0397. The average Bonchev–Trinajstić information content (AvgIpc) is 2.97. The highest BCUT2D eigenvalue weighted by Gasteiger charge is 2.23. The number of amides is 1. The lowest BCUT2D eigenvalue weighted by Crippen LogP contribution is -2.32. The molecule has 21 heavy (non-hydrogen) atoms. The maximum absolute atomic E-state index is 12.3. The van der Waals surface area contributed by atoms with Gasteiger partial charge in [0.2, 0.25) is 0 Å². The molecule has 2 heterocycles. The molecule has 1 aromatic carbocycles. The van der Waals surface area contributed by atoms with Crippen molar-refractivity contribution in [2.75, 3.05) is 13.2 Å². The molecule has 0 bridgehead atoms. The Balaban J connectivity index is 1.73.